The molecular weight excluding hydrogens is 208 g/mol. The molecule has 0 spiro atoms. The van der Waals surface area contributed by atoms with Gasteiger partial charge in [-0.25, -0.2) is 9.78 Å². The maximum Gasteiger partial charge on any atom is 0.338 e. The van der Waals surface area contributed by atoms with E-state index in [4.69, 9.17) is 4.74 Å². The van der Waals surface area contributed by atoms with Crippen LogP contribution in [0.2, 0.25) is 0 Å². The number of ether oxygens (including phenoxy) is 2. The maximum atomic E-state index is 11.3. The van der Waals surface area contributed by atoms with Crippen LogP contribution in [0.4, 0.5) is 0 Å². The summed E-state index contributed by atoms with van der Waals surface area (Å²) < 4.78 is 11.6. The Morgan fingerprint density at radius 3 is 3.00 bits per heavy atom. The van der Waals surface area contributed by atoms with Gasteiger partial charge in [-0.3, -0.25) is 0 Å². The Bertz CT molecular complexity index is 519. The lowest BCUT2D eigenvalue weighted by Gasteiger charge is -2.02. The van der Waals surface area contributed by atoms with Crippen LogP contribution in [-0.4, -0.2) is 29.6 Å². The highest BCUT2D eigenvalue weighted by Gasteiger charge is 2.08. The van der Waals surface area contributed by atoms with Crippen molar-refractivity contribution in [1.29, 1.82) is 0 Å². The van der Waals surface area contributed by atoms with E-state index in [1.54, 1.807) is 31.6 Å². The highest BCUT2D eigenvalue weighted by molar-refractivity contribution is 5.90. The Morgan fingerprint density at radius 2 is 2.31 bits per heavy atom. The van der Waals surface area contributed by atoms with Crippen LogP contribution in [0.5, 0.6) is 0 Å². The first-order chi connectivity index (χ1) is 7.76. The summed E-state index contributed by atoms with van der Waals surface area (Å²) in [7, 11) is 2.98. The topological polar surface area (TPSA) is 52.8 Å². The quantitative estimate of drug-likeness (QED) is 0.731. The number of hydrogen-bond donors (Lipinski definition) is 0. The highest BCUT2D eigenvalue weighted by atomic mass is 16.5. The summed E-state index contributed by atoms with van der Waals surface area (Å²) in [6, 6.07) is 3.38. The molecule has 0 fully saturated rings. The summed E-state index contributed by atoms with van der Waals surface area (Å²) >= 11 is 0. The van der Waals surface area contributed by atoms with Gasteiger partial charge in [-0.05, 0) is 12.1 Å². The third-order valence-electron chi connectivity index (χ3n) is 2.30. The summed E-state index contributed by atoms with van der Waals surface area (Å²) in [5.41, 5.74) is 2.13. The fourth-order valence-corrected chi connectivity index (χ4v) is 1.53. The van der Waals surface area contributed by atoms with Crippen LogP contribution in [0.15, 0.2) is 24.5 Å². The van der Waals surface area contributed by atoms with Crippen LogP contribution in [0, 0.1) is 0 Å². The molecule has 2 rings (SSSR count). The second-order valence-corrected chi connectivity index (χ2v) is 3.32. The molecule has 2 aromatic heterocycles. The average Bonchev–Trinajstić information content (AvgIpc) is 2.71. The van der Waals surface area contributed by atoms with Crippen LogP contribution in [0.3, 0.4) is 0 Å². The minimum absolute atomic E-state index is 0.362. The van der Waals surface area contributed by atoms with Crippen LogP contribution >= 0.6 is 0 Å². The molecule has 0 saturated carbocycles. The Hall–Kier alpha value is -1.88. The van der Waals surface area contributed by atoms with Crippen LogP contribution < -0.4 is 0 Å². The van der Waals surface area contributed by atoms with Crippen molar-refractivity contribution in [2.75, 3.05) is 14.2 Å². The van der Waals surface area contributed by atoms with Crippen molar-refractivity contribution < 1.29 is 14.3 Å². The van der Waals surface area contributed by atoms with Crippen molar-refractivity contribution in [3.63, 3.8) is 0 Å². The number of aromatic nitrogens is 2. The number of imidazole rings is 1. The maximum absolute atomic E-state index is 11.3. The predicted octanol–water partition coefficient (Wildman–Crippen LogP) is 1.27. The molecule has 5 heteroatoms. The Balaban J connectivity index is 2.44. The van der Waals surface area contributed by atoms with Crippen molar-refractivity contribution >= 4 is 11.6 Å². The molecule has 0 aliphatic carbocycles. The summed E-state index contributed by atoms with van der Waals surface area (Å²) in [6.07, 6.45) is 3.50. The van der Waals surface area contributed by atoms with E-state index in [1.807, 2.05) is 4.40 Å². The summed E-state index contributed by atoms with van der Waals surface area (Å²) in [5.74, 6) is -0.362. The SMILES string of the molecule is COCc1cnc2cc(C(=O)OC)ccn12. The zero-order valence-corrected chi connectivity index (χ0v) is 9.14. The first kappa shape index (κ1) is 10.6. The van der Waals surface area contributed by atoms with Gasteiger partial charge in [0.15, 0.2) is 0 Å². The van der Waals surface area contributed by atoms with Gasteiger partial charge in [-0.2, -0.15) is 0 Å². The largest absolute Gasteiger partial charge is 0.465 e. The van der Waals surface area contributed by atoms with Crippen molar-refractivity contribution in [2.24, 2.45) is 0 Å². The van der Waals surface area contributed by atoms with E-state index in [0.717, 1.165) is 5.69 Å². The smallest absolute Gasteiger partial charge is 0.338 e. The first-order valence-corrected chi connectivity index (χ1v) is 4.79. The van der Waals surface area contributed by atoms with E-state index < -0.39 is 0 Å². The van der Waals surface area contributed by atoms with Crippen LogP contribution in [-0.2, 0) is 16.1 Å². The van der Waals surface area contributed by atoms with Crippen molar-refractivity contribution in [2.45, 2.75) is 6.61 Å². The number of carbonyl (C=O) groups excluding carboxylic acids is 1. The Morgan fingerprint density at radius 1 is 1.50 bits per heavy atom. The Kier molecular flexibility index (Phi) is 2.87. The van der Waals surface area contributed by atoms with Crippen molar-refractivity contribution in [3.8, 4) is 0 Å². The minimum atomic E-state index is -0.362. The fourth-order valence-electron chi connectivity index (χ4n) is 1.53. The third kappa shape index (κ3) is 1.77. The molecule has 0 aromatic carbocycles. The highest BCUT2D eigenvalue weighted by Crippen LogP contribution is 2.11. The first-order valence-electron chi connectivity index (χ1n) is 4.79. The molecule has 0 aliphatic heterocycles. The van der Waals surface area contributed by atoms with E-state index in [0.29, 0.717) is 17.8 Å². The number of hydrogen-bond acceptors (Lipinski definition) is 4. The fraction of sp³-hybridized carbons (Fsp3) is 0.273. The summed E-state index contributed by atoms with van der Waals surface area (Å²) in [6.45, 7) is 0.485. The number of pyridine rings is 1. The van der Waals surface area contributed by atoms with Gasteiger partial charge in [0.05, 0.1) is 31.2 Å². The van der Waals surface area contributed by atoms with Gasteiger partial charge in [0.2, 0.25) is 0 Å². The second kappa shape index (κ2) is 4.32. The molecule has 0 atom stereocenters. The Labute approximate surface area is 92.6 Å². The molecule has 0 aliphatic rings. The molecule has 0 unspecified atom stereocenters. The van der Waals surface area contributed by atoms with Gasteiger partial charge >= 0.3 is 5.97 Å². The second-order valence-electron chi connectivity index (χ2n) is 3.32. The standard InChI is InChI=1S/C11H12N2O3/c1-15-7-9-6-12-10-5-8(11(14)16-2)3-4-13(9)10/h3-6H,7H2,1-2H3. The van der Waals surface area contributed by atoms with E-state index >= 15 is 0 Å². The predicted molar refractivity (Wildman–Crippen MR) is 57.2 cm³/mol. The number of rotatable bonds is 3. The van der Waals surface area contributed by atoms with E-state index in [-0.39, 0.29) is 5.97 Å². The van der Waals surface area contributed by atoms with Crippen molar-refractivity contribution in [1.82, 2.24) is 9.38 Å². The van der Waals surface area contributed by atoms with Crippen LogP contribution in [0.25, 0.3) is 5.65 Å². The molecule has 0 saturated heterocycles. The normalized spacial score (nSPS) is 10.6. The van der Waals surface area contributed by atoms with Gasteiger partial charge in [-0.1, -0.05) is 0 Å². The summed E-state index contributed by atoms with van der Waals surface area (Å²) in [4.78, 5) is 15.5. The molecule has 5 nitrogen and oxygen atoms in total. The van der Waals surface area contributed by atoms with Gasteiger partial charge in [-0.15, -0.1) is 0 Å². The van der Waals surface area contributed by atoms with Gasteiger partial charge in [0.1, 0.15) is 5.65 Å². The van der Waals surface area contributed by atoms with Gasteiger partial charge < -0.3 is 13.9 Å². The number of carbonyl (C=O) groups is 1. The molecule has 0 radical (unpaired) electrons. The van der Waals surface area contributed by atoms with Crippen LogP contribution in [0.1, 0.15) is 16.1 Å². The molecular formula is C11H12N2O3. The lowest BCUT2D eigenvalue weighted by Crippen LogP contribution is -2.02. The number of methoxy groups -OCH3 is 2. The molecule has 0 bridgehead atoms. The number of fused-ring (bicyclic) bond motifs is 1. The van der Waals surface area contributed by atoms with Gasteiger partial charge in [0.25, 0.3) is 0 Å². The molecule has 2 heterocycles. The minimum Gasteiger partial charge on any atom is -0.465 e. The third-order valence-corrected chi connectivity index (χ3v) is 2.30. The summed E-state index contributed by atoms with van der Waals surface area (Å²) in [5, 5.41) is 0. The average molecular weight is 220 g/mol. The number of nitrogens with zero attached hydrogens (tertiary/aromatic N) is 2. The molecule has 0 N–H and O–H groups in total. The molecule has 16 heavy (non-hydrogen) atoms. The lowest BCUT2D eigenvalue weighted by atomic mass is 10.2. The monoisotopic (exact) mass is 220 g/mol. The molecule has 84 valence electrons. The van der Waals surface area contributed by atoms with E-state index in [9.17, 15) is 4.79 Å². The molecule has 2 aromatic rings. The zero-order valence-electron chi connectivity index (χ0n) is 9.14. The molecule has 0 amide bonds. The lowest BCUT2D eigenvalue weighted by molar-refractivity contribution is 0.0600. The zero-order chi connectivity index (χ0) is 11.5. The number of esters is 1. The van der Waals surface area contributed by atoms with E-state index in [2.05, 4.69) is 9.72 Å². The van der Waals surface area contributed by atoms with Crippen molar-refractivity contribution in [3.05, 3.63) is 35.8 Å². The van der Waals surface area contributed by atoms with Gasteiger partial charge in [0, 0.05) is 13.3 Å². The van der Waals surface area contributed by atoms with E-state index in [1.165, 1.54) is 7.11 Å².